The minimum absolute atomic E-state index is 0.664. The maximum Gasteiger partial charge on any atom is 0.160 e. The molecule has 0 aliphatic heterocycles. The Bertz CT molecular complexity index is 3220. The lowest BCUT2D eigenvalue weighted by Crippen LogP contribution is -1.99. The van der Waals surface area contributed by atoms with Crippen LogP contribution < -0.4 is 0 Å². The van der Waals surface area contributed by atoms with Gasteiger partial charge in [0.1, 0.15) is 5.69 Å². The van der Waals surface area contributed by atoms with Gasteiger partial charge in [-0.1, -0.05) is 206 Å². The largest absolute Gasteiger partial charge is 0.231 e. The highest BCUT2D eigenvalue weighted by Gasteiger charge is 2.23. The van der Waals surface area contributed by atoms with Crippen LogP contribution in [0.3, 0.4) is 0 Å². The molecular formula is C57H38N4. The average Bonchev–Trinajstić information content (AvgIpc) is 3.76. The van der Waals surface area contributed by atoms with Crippen LogP contribution in [-0.2, 0) is 0 Å². The third-order valence-corrected chi connectivity index (χ3v) is 11.4. The van der Waals surface area contributed by atoms with E-state index >= 15 is 0 Å². The molecule has 11 rings (SSSR count). The molecule has 0 saturated heterocycles. The van der Waals surface area contributed by atoms with Crippen molar-refractivity contribution in [3.8, 4) is 89.8 Å². The van der Waals surface area contributed by atoms with Gasteiger partial charge in [0.15, 0.2) is 5.82 Å². The van der Waals surface area contributed by atoms with Crippen molar-refractivity contribution in [3.63, 3.8) is 0 Å². The molecule has 4 nitrogen and oxygen atoms in total. The van der Waals surface area contributed by atoms with Gasteiger partial charge in [-0.3, -0.25) is 0 Å². The maximum absolute atomic E-state index is 5.45. The zero-order chi connectivity index (χ0) is 40.5. The van der Waals surface area contributed by atoms with E-state index in [0.29, 0.717) is 5.82 Å². The molecule has 0 aliphatic carbocycles. The Kier molecular flexibility index (Phi) is 9.14. The lowest BCUT2D eigenvalue weighted by Gasteiger charge is -2.15. The molecule has 8 aromatic carbocycles. The van der Waals surface area contributed by atoms with Crippen molar-refractivity contribution in [2.45, 2.75) is 0 Å². The second kappa shape index (κ2) is 15.5. The van der Waals surface area contributed by atoms with Crippen LogP contribution in [-0.4, -0.2) is 19.6 Å². The van der Waals surface area contributed by atoms with Crippen LogP contribution >= 0.6 is 0 Å². The fraction of sp³-hybridized carbons (Fsp3) is 0. The number of benzene rings is 8. The molecule has 0 unspecified atom stereocenters. The summed E-state index contributed by atoms with van der Waals surface area (Å²) in [6.45, 7) is 0. The number of rotatable bonds is 8. The summed E-state index contributed by atoms with van der Waals surface area (Å²) in [5.74, 6) is 0.664. The zero-order valence-electron chi connectivity index (χ0n) is 33.2. The first kappa shape index (κ1) is 35.9. The fourth-order valence-corrected chi connectivity index (χ4v) is 8.50. The Morgan fingerprint density at radius 3 is 1.41 bits per heavy atom. The summed E-state index contributed by atoms with van der Waals surface area (Å²) in [5, 5.41) is 7.62. The zero-order valence-corrected chi connectivity index (χ0v) is 33.2. The third-order valence-electron chi connectivity index (χ3n) is 11.4. The van der Waals surface area contributed by atoms with E-state index in [1.54, 1.807) is 0 Å². The first-order chi connectivity index (χ1) is 30.2. The third kappa shape index (κ3) is 6.76. The standard InChI is InChI=1S/C57H38N4/c1-6-19-39(20-7-1)44-29-16-31-46(35-44)51-38-52(59-57(58-51)47-32-17-30-45(36-47)40-21-8-2-9-22-40)48-33-18-34-49-50(48)37-53(41-23-10-3-11-24-41)61-56(49)54(42-25-12-4-13-26-42)55(60-61)43-27-14-5-15-28-43/h1-38H. The summed E-state index contributed by atoms with van der Waals surface area (Å²) in [6.07, 6.45) is 0. The Labute approximate surface area is 354 Å². The van der Waals surface area contributed by atoms with Gasteiger partial charge in [0.2, 0.25) is 0 Å². The molecular weight excluding hydrogens is 741 g/mol. The normalized spacial score (nSPS) is 11.3. The number of hydrogen-bond donors (Lipinski definition) is 0. The Balaban J connectivity index is 1.20. The minimum atomic E-state index is 0.664. The predicted octanol–water partition coefficient (Wildman–Crippen LogP) is 14.6. The highest BCUT2D eigenvalue weighted by Crippen LogP contribution is 2.43. The SMILES string of the molecule is c1ccc(-c2cccc(-c3cc(-c4cccc5c4cc(-c4ccccc4)n4nc(-c6ccccc6)c(-c6ccccc6)c54)nc(-c4cccc(-c5ccccc5)c4)n3)c2)cc1. The van der Waals surface area contributed by atoms with Gasteiger partial charge in [-0.15, -0.1) is 0 Å². The van der Waals surface area contributed by atoms with Crippen molar-refractivity contribution in [2.24, 2.45) is 0 Å². The van der Waals surface area contributed by atoms with Gasteiger partial charge < -0.3 is 0 Å². The van der Waals surface area contributed by atoms with Crippen molar-refractivity contribution in [3.05, 3.63) is 231 Å². The molecule has 4 heteroatoms. The van der Waals surface area contributed by atoms with E-state index in [-0.39, 0.29) is 0 Å². The van der Waals surface area contributed by atoms with Crippen LogP contribution in [0.15, 0.2) is 231 Å². The molecule has 11 aromatic rings. The summed E-state index contributed by atoms with van der Waals surface area (Å²) in [6, 6.07) is 80.9. The Morgan fingerprint density at radius 1 is 0.311 bits per heavy atom. The average molecular weight is 779 g/mol. The van der Waals surface area contributed by atoms with Crippen LogP contribution in [0.2, 0.25) is 0 Å². The number of aromatic nitrogens is 4. The van der Waals surface area contributed by atoms with E-state index in [2.05, 4.69) is 229 Å². The smallest absolute Gasteiger partial charge is 0.160 e. The monoisotopic (exact) mass is 778 g/mol. The van der Waals surface area contributed by atoms with Gasteiger partial charge in [-0.25, -0.2) is 14.5 Å². The minimum Gasteiger partial charge on any atom is -0.231 e. The van der Waals surface area contributed by atoms with Crippen LogP contribution in [0.1, 0.15) is 0 Å². The summed E-state index contributed by atoms with van der Waals surface area (Å²) < 4.78 is 2.15. The molecule has 61 heavy (non-hydrogen) atoms. The van der Waals surface area contributed by atoms with E-state index in [0.717, 1.165) is 100 Å². The summed E-state index contributed by atoms with van der Waals surface area (Å²) in [7, 11) is 0. The molecule has 0 spiro atoms. The topological polar surface area (TPSA) is 43.1 Å². The van der Waals surface area contributed by atoms with Gasteiger partial charge in [0.05, 0.1) is 22.6 Å². The number of hydrogen-bond acceptors (Lipinski definition) is 3. The lowest BCUT2D eigenvalue weighted by molar-refractivity contribution is 0.979. The van der Waals surface area contributed by atoms with Gasteiger partial charge in [0.25, 0.3) is 0 Å². The molecule has 3 aromatic heterocycles. The molecule has 0 bridgehead atoms. The van der Waals surface area contributed by atoms with Crippen molar-refractivity contribution in [1.29, 1.82) is 0 Å². The highest BCUT2D eigenvalue weighted by atomic mass is 15.2. The van der Waals surface area contributed by atoms with E-state index < -0.39 is 0 Å². The molecule has 0 saturated carbocycles. The predicted molar refractivity (Wildman–Crippen MR) is 252 cm³/mol. The molecule has 0 atom stereocenters. The van der Waals surface area contributed by atoms with E-state index in [9.17, 15) is 0 Å². The first-order valence-electron chi connectivity index (χ1n) is 20.6. The van der Waals surface area contributed by atoms with Gasteiger partial charge in [-0.05, 0) is 57.5 Å². The molecule has 0 fully saturated rings. The van der Waals surface area contributed by atoms with Crippen LogP contribution in [0.25, 0.3) is 106 Å². The van der Waals surface area contributed by atoms with Crippen LogP contribution in [0.5, 0.6) is 0 Å². The van der Waals surface area contributed by atoms with Crippen molar-refractivity contribution < 1.29 is 0 Å². The second-order valence-corrected chi connectivity index (χ2v) is 15.2. The quantitative estimate of drug-likeness (QED) is 0.154. The first-order valence-corrected chi connectivity index (χ1v) is 20.6. The number of fused-ring (bicyclic) bond motifs is 3. The van der Waals surface area contributed by atoms with Crippen molar-refractivity contribution in [1.82, 2.24) is 19.6 Å². The van der Waals surface area contributed by atoms with E-state index in [1.165, 1.54) is 0 Å². The summed E-state index contributed by atoms with van der Waals surface area (Å²) in [5.41, 5.74) is 16.5. The van der Waals surface area contributed by atoms with Crippen molar-refractivity contribution >= 4 is 16.3 Å². The van der Waals surface area contributed by atoms with Crippen molar-refractivity contribution in [2.75, 3.05) is 0 Å². The van der Waals surface area contributed by atoms with Gasteiger partial charge >= 0.3 is 0 Å². The molecule has 0 aliphatic rings. The number of pyridine rings is 1. The van der Waals surface area contributed by atoms with E-state index in [4.69, 9.17) is 15.1 Å². The molecule has 286 valence electrons. The maximum atomic E-state index is 5.45. The Hall–Kier alpha value is -8.21. The molecule has 0 amide bonds. The second-order valence-electron chi connectivity index (χ2n) is 15.2. The Morgan fingerprint density at radius 2 is 0.787 bits per heavy atom. The lowest BCUT2D eigenvalue weighted by atomic mass is 9.94. The summed E-state index contributed by atoms with van der Waals surface area (Å²) in [4.78, 5) is 10.8. The molecule has 0 N–H and O–H groups in total. The summed E-state index contributed by atoms with van der Waals surface area (Å²) >= 11 is 0. The van der Waals surface area contributed by atoms with Crippen LogP contribution in [0.4, 0.5) is 0 Å². The molecule has 0 radical (unpaired) electrons. The van der Waals surface area contributed by atoms with Crippen LogP contribution in [0, 0.1) is 0 Å². The fourth-order valence-electron chi connectivity index (χ4n) is 8.50. The van der Waals surface area contributed by atoms with Gasteiger partial charge in [-0.2, -0.15) is 5.10 Å². The molecule has 3 heterocycles. The highest BCUT2D eigenvalue weighted by molar-refractivity contribution is 6.12. The van der Waals surface area contributed by atoms with E-state index in [1.807, 2.05) is 6.07 Å². The number of nitrogens with zero attached hydrogens (tertiary/aromatic N) is 4. The van der Waals surface area contributed by atoms with Gasteiger partial charge in [0, 0.05) is 38.8 Å².